The van der Waals surface area contributed by atoms with E-state index < -0.39 is 0 Å². The van der Waals surface area contributed by atoms with E-state index in [-0.39, 0.29) is 12.5 Å². The van der Waals surface area contributed by atoms with E-state index in [1.54, 1.807) is 6.20 Å². The lowest BCUT2D eigenvalue weighted by Gasteiger charge is -2.34. The van der Waals surface area contributed by atoms with Crippen molar-refractivity contribution in [2.24, 2.45) is 0 Å². The molecule has 0 unspecified atom stereocenters. The summed E-state index contributed by atoms with van der Waals surface area (Å²) in [6.07, 6.45) is 6.10. The van der Waals surface area contributed by atoms with Crippen LogP contribution in [0.1, 0.15) is 5.56 Å². The molecular formula is C24H25N3O2. The third-order valence-electron chi connectivity index (χ3n) is 5.14. The number of rotatable bonds is 6. The van der Waals surface area contributed by atoms with Gasteiger partial charge in [-0.25, -0.2) is 0 Å². The maximum absolute atomic E-state index is 12.5. The summed E-state index contributed by atoms with van der Waals surface area (Å²) in [5.41, 5.74) is 2.13. The molecule has 4 rings (SSSR count). The Morgan fingerprint density at radius 1 is 1.00 bits per heavy atom. The van der Waals surface area contributed by atoms with Crippen molar-refractivity contribution in [1.82, 2.24) is 14.8 Å². The number of benzene rings is 2. The van der Waals surface area contributed by atoms with Gasteiger partial charge in [-0.2, -0.15) is 0 Å². The van der Waals surface area contributed by atoms with Crippen molar-refractivity contribution in [2.45, 2.75) is 0 Å². The molecule has 0 radical (unpaired) electrons. The SMILES string of the molecule is O=C(COc1ccc2ncccc2c1)N1CCN(C/C=C/c2ccccc2)CC1. The van der Waals surface area contributed by atoms with Crippen LogP contribution in [0, 0.1) is 0 Å². The Kier molecular flexibility index (Phi) is 6.17. The standard InChI is InChI=1S/C24H25N3O2/c28-24(19-29-22-10-11-23-21(18-22)9-4-12-25-23)27-16-14-26(15-17-27)13-5-8-20-6-2-1-3-7-20/h1-12,18H,13-17,19H2/b8-5+. The van der Waals surface area contributed by atoms with Crippen LogP contribution in [0.3, 0.4) is 0 Å². The van der Waals surface area contributed by atoms with Crippen LogP contribution in [0.2, 0.25) is 0 Å². The molecule has 0 saturated carbocycles. The summed E-state index contributed by atoms with van der Waals surface area (Å²) in [5, 5.41) is 1.01. The van der Waals surface area contributed by atoms with Crippen molar-refractivity contribution >= 4 is 22.9 Å². The number of pyridine rings is 1. The third kappa shape index (κ3) is 5.21. The van der Waals surface area contributed by atoms with Crippen molar-refractivity contribution in [2.75, 3.05) is 39.3 Å². The fourth-order valence-electron chi connectivity index (χ4n) is 3.46. The van der Waals surface area contributed by atoms with E-state index in [9.17, 15) is 4.79 Å². The van der Waals surface area contributed by atoms with E-state index in [0.717, 1.165) is 43.6 Å². The highest BCUT2D eigenvalue weighted by Crippen LogP contribution is 2.19. The highest BCUT2D eigenvalue weighted by Gasteiger charge is 2.20. The van der Waals surface area contributed by atoms with Crippen LogP contribution in [0.15, 0.2) is 72.9 Å². The number of carbonyl (C=O) groups excluding carboxylic acids is 1. The average molecular weight is 387 g/mol. The summed E-state index contributed by atoms with van der Waals surface area (Å²) in [5.74, 6) is 0.735. The lowest BCUT2D eigenvalue weighted by molar-refractivity contribution is -0.135. The smallest absolute Gasteiger partial charge is 0.260 e. The molecule has 1 saturated heterocycles. The zero-order chi connectivity index (χ0) is 19.9. The van der Waals surface area contributed by atoms with E-state index in [2.05, 4.69) is 34.2 Å². The van der Waals surface area contributed by atoms with Gasteiger partial charge >= 0.3 is 0 Å². The van der Waals surface area contributed by atoms with Crippen molar-refractivity contribution < 1.29 is 9.53 Å². The van der Waals surface area contributed by atoms with Gasteiger partial charge < -0.3 is 9.64 Å². The molecule has 1 aliphatic heterocycles. The highest BCUT2D eigenvalue weighted by atomic mass is 16.5. The van der Waals surface area contributed by atoms with Gasteiger partial charge in [0, 0.05) is 44.3 Å². The number of aromatic nitrogens is 1. The minimum Gasteiger partial charge on any atom is -0.484 e. The van der Waals surface area contributed by atoms with Gasteiger partial charge in [0.15, 0.2) is 6.61 Å². The molecule has 5 heteroatoms. The van der Waals surface area contributed by atoms with E-state index in [4.69, 9.17) is 4.74 Å². The Morgan fingerprint density at radius 2 is 1.83 bits per heavy atom. The van der Waals surface area contributed by atoms with Gasteiger partial charge in [0.2, 0.25) is 0 Å². The summed E-state index contributed by atoms with van der Waals surface area (Å²) >= 11 is 0. The average Bonchev–Trinajstić information content (AvgIpc) is 2.78. The highest BCUT2D eigenvalue weighted by molar-refractivity contribution is 5.80. The van der Waals surface area contributed by atoms with Crippen molar-refractivity contribution in [3.63, 3.8) is 0 Å². The van der Waals surface area contributed by atoms with Crippen molar-refractivity contribution in [1.29, 1.82) is 0 Å². The maximum atomic E-state index is 12.5. The molecule has 0 spiro atoms. The van der Waals surface area contributed by atoms with Gasteiger partial charge in [-0.15, -0.1) is 0 Å². The number of fused-ring (bicyclic) bond motifs is 1. The van der Waals surface area contributed by atoms with Crippen LogP contribution >= 0.6 is 0 Å². The molecule has 1 fully saturated rings. The van der Waals surface area contributed by atoms with E-state index >= 15 is 0 Å². The molecule has 2 aromatic carbocycles. The van der Waals surface area contributed by atoms with Gasteiger partial charge in [-0.05, 0) is 29.8 Å². The topological polar surface area (TPSA) is 45.7 Å². The van der Waals surface area contributed by atoms with Gasteiger partial charge in [-0.3, -0.25) is 14.7 Å². The van der Waals surface area contributed by atoms with Crippen molar-refractivity contribution in [3.05, 3.63) is 78.5 Å². The second kappa shape index (κ2) is 9.34. The maximum Gasteiger partial charge on any atom is 0.260 e. The largest absolute Gasteiger partial charge is 0.484 e. The lowest BCUT2D eigenvalue weighted by atomic mass is 10.2. The normalized spacial score (nSPS) is 15.1. The van der Waals surface area contributed by atoms with Crippen LogP contribution in [0.25, 0.3) is 17.0 Å². The van der Waals surface area contributed by atoms with E-state index in [1.807, 2.05) is 53.4 Å². The van der Waals surface area contributed by atoms with Gasteiger partial charge in [-0.1, -0.05) is 48.6 Å². The molecule has 29 heavy (non-hydrogen) atoms. The summed E-state index contributed by atoms with van der Waals surface area (Å²) < 4.78 is 5.73. The first-order valence-electron chi connectivity index (χ1n) is 9.97. The summed E-state index contributed by atoms with van der Waals surface area (Å²) in [7, 11) is 0. The zero-order valence-electron chi connectivity index (χ0n) is 16.4. The summed E-state index contributed by atoms with van der Waals surface area (Å²) in [4.78, 5) is 21.0. The second-order valence-electron chi connectivity index (χ2n) is 7.14. The first kappa shape index (κ1) is 19.2. The number of nitrogens with zero attached hydrogens (tertiary/aromatic N) is 3. The Hall–Kier alpha value is -3.18. The summed E-state index contributed by atoms with van der Waals surface area (Å²) in [6, 6.07) is 19.9. The molecular weight excluding hydrogens is 362 g/mol. The van der Waals surface area contributed by atoms with Crippen LogP contribution in [0.4, 0.5) is 0 Å². The number of hydrogen-bond donors (Lipinski definition) is 0. The molecule has 148 valence electrons. The third-order valence-corrected chi connectivity index (χ3v) is 5.14. The minimum absolute atomic E-state index is 0.0377. The molecule has 2 heterocycles. The lowest BCUT2D eigenvalue weighted by Crippen LogP contribution is -2.49. The predicted molar refractivity (Wildman–Crippen MR) is 116 cm³/mol. The Balaban J connectivity index is 1.22. The second-order valence-corrected chi connectivity index (χ2v) is 7.14. The molecule has 0 bridgehead atoms. The monoisotopic (exact) mass is 387 g/mol. The fraction of sp³-hybridized carbons (Fsp3) is 0.250. The molecule has 0 N–H and O–H groups in total. The number of piperazine rings is 1. The molecule has 0 atom stereocenters. The fourth-order valence-corrected chi connectivity index (χ4v) is 3.46. The molecule has 3 aromatic rings. The predicted octanol–water partition coefficient (Wildman–Crippen LogP) is 3.47. The molecule has 1 aliphatic rings. The van der Waals surface area contributed by atoms with E-state index in [0.29, 0.717) is 5.75 Å². The first-order chi connectivity index (χ1) is 14.3. The summed E-state index contributed by atoms with van der Waals surface area (Å²) in [6.45, 7) is 4.21. The molecule has 5 nitrogen and oxygen atoms in total. The Morgan fingerprint density at radius 3 is 2.66 bits per heavy atom. The first-order valence-corrected chi connectivity index (χ1v) is 9.97. The number of hydrogen-bond acceptors (Lipinski definition) is 4. The quantitative estimate of drug-likeness (QED) is 0.650. The van der Waals surface area contributed by atoms with Crippen LogP contribution in [-0.4, -0.2) is 60.0 Å². The molecule has 0 aliphatic carbocycles. The number of carbonyl (C=O) groups is 1. The molecule has 1 aromatic heterocycles. The van der Waals surface area contributed by atoms with Crippen LogP contribution in [0.5, 0.6) is 5.75 Å². The zero-order valence-corrected chi connectivity index (χ0v) is 16.4. The van der Waals surface area contributed by atoms with Gasteiger partial charge in [0.25, 0.3) is 5.91 Å². The van der Waals surface area contributed by atoms with Gasteiger partial charge in [0.05, 0.1) is 5.52 Å². The van der Waals surface area contributed by atoms with Crippen LogP contribution in [-0.2, 0) is 4.79 Å². The number of ether oxygens (including phenoxy) is 1. The van der Waals surface area contributed by atoms with Crippen LogP contribution < -0.4 is 4.74 Å². The minimum atomic E-state index is 0.0377. The Labute approximate surface area is 171 Å². The van der Waals surface area contributed by atoms with Crippen molar-refractivity contribution in [3.8, 4) is 5.75 Å². The molecule has 1 amide bonds. The Bertz CT molecular complexity index is 980. The van der Waals surface area contributed by atoms with E-state index in [1.165, 1.54) is 5.56 Å². The number of amides is 1. The van der Waals surface area contributed by atoms with Gasteiger partial charge in [0.1, 0.15) is 5.75 Å².